The van der Waals surface area contributed by atoms with E-state index in [0.717, 1.165) is 31.2 Å². The summed E-state index contributed by atoms with van der Waals surface area (Å²) in [5.41, 5.74) is 5.48. The van der Waals surface area contributed by atoms with Crippen LogP contribution in [-0.4, -0.2) is 29.8 Å². The Morgan fingerprint density at radius 3 is 2.78 bits per heavy atom. The van der Waals surface area contributed by atoms with Crippen LogP contribution in [0.5, 0.6) is 0 Å². The number of primary amides is 1. The molecule has 1 aliphatic heterocycles. The van der Waals surface area contributed by atoms with Crippen LogP contribution < -0.4 is 5.73 Å². The molecule has 0 bridgehead atoms. The van der Waals surface area contributed by atoms with Gasteiger partial charge in [0, 0.05) is 13.1 Å². The molecule has 1 atom stereocenters. The Bertz CT molecular complexity index is 613. The number of nitrogens with zero attached hydrogens (tertiary/aromatic N) is 1. The molecule has 0 radical (unpaired) electrons. The summed E-state index contributed by atoms with van der Waals surface area (Å²) in [6, 6.07) is 6.67. The summed E-state index contributed by atoms with van der Waals surface area (Å²) < 4.78 is 13.2. The van der Waals surface area contributed by atoms with Crippen molar-refractivity contribution in [3.05, 3.63) is 35.6 Å². The van der Waals surface area contributed by atoms with Crippen molar-refractivity contribution in [1.82, 2.24) is 4.90 Å². The minimum atomic E-state index is -0.912. The molecular weight excluding hydrogens is 295 g/mol. The van der Waals surface area contributed by atoms with Crippen LogP contribution >= 0.6 is 0 Å². The third-order valence-electron chi connectivity index (χ3n) is 5.17. The zero-order valence-corrected chi connectivity index (χ0v) is 13.3. The van der Waals surface area contributed by atoms with E-state index in [9.17, 15) is 14.0 Å². The Morgan fingerprint density at radius 2 is 2.13 bits per heavy atom. The maximum absolute atomic E-state index is 13.2. The zero-order chi connectivity index (χ0) is 16.4. The molecular formula is C18H23FN2O2. The normalized spacial score (nSPS) is 22.7. The van der Waals surface area contributed by atoms with Crippen LogP contribution in [0.3, 0.4) is 0 Å². The van der Waals surface area contributed by atoms with Crippen molar-refractivity contribution in [2.75, 3.05) is 13.1 Å². The molecule has 124 valence electrons. The van der Waals surface area contributed by atoms with Crippen molar-refractivity contribution in [2.24, 2.45) is 17.1 Å². The largest absolute Gasteiger partial charge is 0.369 e. The Morgan fingerprint density at radius 1 is 1.35 bits per heavy atom. The van der Waals surface area contributed by atoms with Crippen molar-refractivity contribution in [1.29, 1.82) is 0 Å². The molecule has 1 aromatic rings. The van der Waals surface area contributed by atoms with Crippen LogP contribution in [0.25, 0.3) is 0 Å². The summed E-state index contributed by atoms with van der Waals surface area (Å²) in [5, 5.41) is 0. The maximum Gasteiger partial charge on any atom is 0.238 e. The first kappa shape index (κ1) is 16.0. The minimum Gasteiger partial charge on any atom is -0.369 e. The van der Waals surface area contributed by atoms with E-state index in [4.69, 9.17) is 5.73 Å². The van der Waals surface area contributed by atoms with E-state index in [1.807, 2.05) is 11.0 Å². The molecule has 0 aromatic heterocycles. The minimum absolute atomic E-state index is 0.0829. The lowest BCUT2D eigenvalue weighted by Gasteiger charge is -2.34. The zero-order valence-electron chi connectivity index (χ0n) is 13.3. The number of amides is 2. The Labute approximate surface area is 135 Å². The van der Waals surface area contributed by atoms with Crippen molar-refractivity contribution >= 4 is 11.8 Å². The Kier molecular flexibility index (Phi) is 4.37. The summed E-state index contributed by atoms with van der Waals surface area (Å²) in [4.78, 5) is 25.9. The molecule has 0 spiro atoms. The van der Waals surface area contributed by atoms with Crippen LogP contribution in [0, 0.1) is 17.2 Å². The molecule has 2 aliphatic rings. The van der Waals surface area contributed by atoms with Gasteiger partial charge in [-0.25, -0.2) is 4.39 Å². The second-order valence-electron chi connectivity index (χ2n) is 6.87. The highest BCUT2D eigenvalue weighted by Gasteiger charge is 2.57. The number of benzene rings is 1. The number of rotatable bonds is 5. The van der Waals surface area contributed by atoms with E-state index in [-0.39, 0.29) is 11.7 Å². The molecule has 3 rings (SSSR count). The summed E-state index contributed by atoms with van der Waals surface area (Å²) in [6.07, 6.45) is 4.94. The standard InChI is InChI=1S/C18H23FN2O2/c19-15-5-1-3-13(11-15)6-7-14-4-2-10-21(12-14)17(23)18(8-9-18)16(20)22/h1,3,5,11,14H,2,4,6-10,12H2,(H2,20,22)/t14-/m0/s1. The molecule has 23 heavy (non-hydrogen) atoms. The molecule has 1 aliphatic carbocycles. The first-order valence-electron chi connectivity index (χ1n) is 8.35. The first-order chi connectivity index (χ1) is 11.0. The van der Waals surface area contributed by atoms with E-state index in [1.54, 1.807) is 12.1 Å². The SMILES string of the molecule is NC(=O)C1(C(=O)N2CCC[C@@H](CCc3cccc(F)c3)C2)CC1. The highest BCUT2D eigenvalue weighted by Crippen LogP contribution is 2.47. The van der Waals surface area contributed by atoms with Gasteiger partial charge in [0.2, 0.25) is 11.8 Å². The second kappa shape index (κ2) is 6.30. The highest BCUT2D eigenvalue weighted by molar-refractivity contribution is 6.07. The van der Waals surface area contributed by atoms with Crippen LogP contribution in [0.1, 0.15) is 37.7 Å². The third-order valence-corrected chi connectivity index (χ3v) is 5.17. The number of nitrogens with two attached hydrogens (primary N) is 1. The van der Waals surface area contributed by atoms with Crippen molar-refractivity contribution in [3.8, 4) is 0 Å². The van der Waals surface area contributed by atoms with Gasteiger partial charge in [-0.05, 0) is 62.1 Å². The van der Waals surface area contributed by atoms with Gasteiger partial charge in [0.25, 0.3) is 0 Å². The topological polar surface area (TPSA) is 63.4 Å². The fourth-order valence-corrected chi connectivity index (χ4v) is 3.54. The van der Waals surface area contributed by atoms with Crippen molar-refractivity contribution in [2.45, 2.75) is 38.5 Å². The monoisotopic (exact) mass is 318 g/mol. The van der Waals surface area contributed by atoms with Gasteiger partial charge in [-0.3, -0.25) is 9.59 Å². The van der Waals surface area contributed by atoms with Gasteiger partial charge in [-0.2, -0.15) is 0 Å². The Hall–Kier alpha value is -1.91. The maximum atomic E-state index is 13.2. The number of carbonyl (C=O) groups excluding carboxylic acids is 2. The van der Waals surface area contributed by atoms with Crippen LogP contribution in [-0.2, 0) is 16.0 Å². The van der Waals surface area contributed by atoms with E-state index in [2.05, 4.69) is 0 Å². The van der Waals surface area contributed by atoms with Gasteiger partial charge < -0.3 is 10.6 Å². The van der Waals surface area contributed by atoms with Crippen LogP contribution in [0.4, 0.5) is 4.39 Å². The summed E-state index contributed by atoms with van der Waals surface area (Å²) in [7, 11) is 0. The molecule has 0 unspecified atom stereocenters. The lowest BCUT2D eigenvalue weighted by atomic mass is 9.90. The van der Waals surface area contributed by atoms with E-state index in [1.165, 1.54) is 6.07 Å². The van der Waals surface area contributed by atoms with Gasteiger partial charge in [0.1, 0.15) is 11.2 Å². The quantitative estimate of drug-likeness (QED) is 0.847. The molecule has 1 saturated heterocycles. The molecule has 2 N–H and O–H groups in total. The molecule has 1 heterocycles. The number of halogens is 1. The van der Waals surface area contributed by atoms with Crippen LogP contribution in [0.15, 0.2) is 24.3 Å². The van der Waals surface area contributed by atoms with Crippen molar-refractivity contribution < 1.29 is 14.0 Å². The van der Waals surface area contributed by atoms with Crippen LogP contribution in [0.2, 0.25) is 0 Å². The predicted molar refractivity (Wildman–Crippen MR) is 84.9 cm³/mol. The van der Waals surface area contributed by atoms with E-state index < -0.39 is 11.3 Å². The molecule has 5 heteroatoms. The lowest BCUT2D eigenvalue weighted by Crippen LogP contribution is -2.47. The molecule has 2 fully saturated rings. The molecule has 1 saturated carbocycles. The lowest BCUT2D eigenvalue weighted by molar-refractivity contribution is -0.144. The van der Waals surface area contributed by atoms with Crippen molar-refractivity contribution in [3.63, 3.8) is 0 Å². The number of piperidine rings is 1. The number of hydrogen-bond acceptors (Lipinski definition) is 2. The fraction of sp³-hybridized carbons (Fsp3) is 0.556. The number of aryl methyl sites for hydroxylation is 1. The van der Waals surface area contributed by atoms with Gasteiger partial charge in [-0.1, -0.05) is 12.1 Å². The summed E-state index contributed by atoms with van der Waals surface area (Å²) in [5.74, 6) is -0.371. The van der Waals surface area contributed by atoms with E-state index >= 15 is 0 Å². The molecule has 1 aromatic carbocycles. The second-order valence-corrected chi connectivity index (χ2v) is 6.87. The first-order valence-corrected chi connectivity index (χ1v) is 8.35. The highest BCUT2D eigenvalue weighted by atomic mass is 19.1. The smallest absolute Gasteiger partial charge is 0.238 e. The average Bonchev–Trinajstić information content (AvgIpc) is 3.34. The van der Waals surface area contributed by atoms with Gasteiger partial charge in [0.05, 0.1) is 0 Å². The van der Waals surface area contributed by atoms with E-state index in [0.29, 0.717) is 31.8 Å². The average molecular weight is 318 g/mol. The van der Waals surface area contributed by atoms with Gasteiger partial charge >= 0.3 is 0 Å². The Balaban J connectivity index is 1.56. The molecule has 4 nitrogen and oxygen atoms in total. The summed E-state index contributed by atoms with van der Waals surface area (Å²) in [6.45, 7) is 1.40. The fourth-order valence-electron chi connectivity index (χ4n) is 3.54. The van der Waals surface area contributed by atoms with Gasteiger partial charge in [0.15, 0.2) is 0 Å². The number of hydrogen-bond donors (Lipinski definition) is 1. The van der Waals surface area contributed by atoms with Gasteiger partial charge in [-0.15, -0.1) is 0 Å². The number of carbonyl (C=O) groups is 2. The third kappa shape index (κ3) is 3.38. The number of likely N-dealkylation sites (tertiary alicyclic amines) is 1. The predicted octanol–water partition coefficient (Wildman–Crippen LogP) is 2.26. The molecule has 2 amide bonds. The summed E-state index contributed by atoms with van der Waals surface area (Å²) >= 11 is 0.